The van der Waals surface area contributed by atoms with E-state index in [0.29, 0.717) is 12.2 Å². The zero-order chi connectivity index (χ0) is 17.0. The second-order valence-corrected chi connectivity index (χ2v) is 5.57. The third-order valence-corrected chi connectivity index (χ3v) is 3.60. The third-order valence-electron chi connectivity index (χ3n) is 3.60. The highest BCUT2D eigenvalue weighted by Crippen LogP contribution is 2.17. The molecule has 1 N–H and O–H groups in total. The van der Waals surface area contributed by atoms with Crippen LogP contribution in [-0.2, 0) is 13.6 Å². The van der Waals surface area contributed by atoms with Gasteiger partial charge in [0.25, 0.3) is 5.69 Å². The number of carbonyl (C=O) groups excluding carboxylic acids is 1. The molecule has 122 valence electrons. The molecule has 2 aromatic rings. The van der Waals surface area contributed by atoms with Crippen molar-refractivity contribution >= 4 is 17.4 Å². The summed E-state index contributed by atoms with van der Waals surface area (Å²) in [5.41, 5.74) is 1.54. The Morgan fingerprint density at radius 1 is 1.30 bits per heavy atom. The van der Waals surface area contributed by atoms with Crippen LogP contribution < -0.4 is 5.32 Å². The van der Waals surface area contributed by atoms with Crippen LogP contribution in [0.15, 0.2) is 42.6 Å². The molecule has 1 aromatic carbocycles. The Morgan fingerprint density at radius 2 is 1.96 bits per heavy atom. The van der Waals surface area contributed by atoms with Gasteiger partial charge in [0.05, 0.1) is 11.5 Å². The van der Waals surface area contributed by atoms with E-state index in [-0.39, 0.29) is 17.8 Å². The quantitative estimate of drug-likeness (QED) is 0.678. The van der Waals surface area contributed by atoms with Crippen LogP contribution in [0.5, 0.6) is 0 Å². The van der Waals surface area contributed by atoms with E-state index in [1.54, 1.807) is 4.90 Å². The third kappa shape index (κ3) is 4.09. The fourth-order valence-corrected chi connectivity index (χ4v) is 2.19. The van der Waals surface area contributed by atoms with Crippen molar-refractivity contribution in [2.45, 2.75) is 26.4 Å². The van der Waals surface area contributed by atoms with E-state index in [9.17, 15) is 14.9 Å². The number of benzene rings is 1. The topological polar surface area (TPSA) is 80.4 Å². The van der Waals surface area contributed by atoms with Crippen molar-refractivity contribution in [2.75, 3.05) is 5.32 Å². The van der Waals surface area contributed by atoms with E-state index in [2.05, 4.69) is 5.32 Å². The smallest absolute Gasteiger partial charge is 0.322 e. The molecule has 0 aliphatic carbocycles. The molecule has 7 nitrogen and oxygen atoms in total. The molecule has 1 aromatic heterocycles. The number of nitro benzene ring substituents is 1. The van der Waals surface area contributed by atoms with Crippen molar-refractivity contribution in [2.24, 2.45) is 7.05 Å². The lowest BCUT2D eigenvalue weighted by Gasteiger charge is -2.27. The molecule has 0 saturated carbocycles. The van der Waals surface area contributed by atoms with Gasteiger partial charge in [-0.05, 0) is 38.1 Å². The van der Waals surface area contributed by atoms with Gasteiger partial charge in [-0.3, -0.25) is 10.1 Å². The van der Waals surface area contributed by atoms with E-state index in [0.717, 1.165) is 5.69 Å². The molecule has 0 aliphatic heterocycles. The normalized spacial score (nSPS) is 10.6. The van der Waals surface area contributed by atoms with Crippen LogP contribution in [0.4, 0.5) is 16.2 Å². The van der Waals surface area contributed by atoms with Crippen molar-refractivity contribution < 1.29 is 9.72 Å². The highest BCUT2D eigenvalue weighted by molar-refractivity contribution is 5.89. The number of nitrogens with one attached hydrogen (secondary N) is 1. The lowest BCUT2D eigenvalue weighted by molar-refractivity contribution is -0.384. The average molecular weight is 316 g/mol. The van der Waals surface area contributed by atoms with Gasteiger partial charge in [0.2, 0.25) is 0 Å². The second-order valence-electron chi connectivity index (χ2n) is 5.57. The number of nitrogens with zero attached hydrogens (tertiary/aromatic N) is 3. The first kappa shape index (κ1) is 16.5. The van der Waals surface area contributed by atoms with Crippen molar-refractivity contribution in [1.29, 1.82) is 0 Å². The van der Waals surface area contributed by atoms with E-state index in [4.69, 9.17) is 0 Å². The molecule has 0 bridgehead atoms. The molecular formula is C16H20N4O3. The average Bonchev–Trinajstić information content (AvgIpc) is 2.90. The standard InChI is InChI=1S/C16H20N4O3/c1-12(2)19(11-15-5-4-10-18(15)3)16(21)17-13-6-8-14(9-7-13)20(22)23/h4-10,12H,11H2,1-3H3,(H,17,21). The predicted molar refractivity (Wildman–Crippen MR) is 88.2 cm³/mol. The highest BCUT2D eigenvalue weighted by Gasteiger charge is 2.18. The Bertz CT molecular complexity index is 692. The molecule has 0 atom stereocenters. The van der Waals surface area contributed by atoms with Crippen molar-refractivity contribution in [3.63, 3.8) is 0 Å². The largest absolute Gasteiger partial charge is 0.353 e. The summed E-state index contributed by atoms with van der Waals surface area (Å²) in [7, 11) is 1.93. The number of nitro groups is 1. The summed E-state index contributed by atoms with van der Waals surface area (Å²) >= 11 is 0. The molecule has 0 aliphatic rings. The summed E-state index contributed by atoms with van der Waals surface area (Å²) in [6, 6.07) is 9.46. The predicted octanol–water partition coefficient (Wildman–Crippen LogP) is 3.38. The molecule has 23 heavy (non-hydrogen) atoms. The summed E-state index contributed by atoms with van der Waals surface area (Å²) < 4.78 is 1.97. The highest BCUT2D eigenvalue weighted by atomic mass is 16.6. The monoisotopic (exact) mass is 316 g/mol. The van der Waals surface area contributed by atoms with Crippen LogP contribution in [0.1, 0.15) is 19.5 Å². The first-order valence-electron chi connectivity index (χ1n) is 7.30. The maximum Gasteiger partial charge on any atom is 0.322 e. The van der Waals surface area contributed by atoms with Gasteiger partial charge in [-0.15, -0.1) is 0 Å². The molecule has 1 heterocycles. The summed E-state index contributed by atoms with van der Waals surface area (Å²) in [6.45, 7) is 4.37. The van der Waals surface area contributed by atoms with Crippen LogP contribution in [0, 0.1) is 10.1 Å². The number of urea groups is 1. The molecule has 0 radical (unpaired) electrons. The lowest BCUT2D eigenvalue weighted by atomic mass is 10.2. The zero-order valence-corrected chi connectivity index (χ0v) is 13.4. The van der Waals surface area contributed by atoms with Crippen LogP contribution in [-0.4, -0.2) is 26.5 Å². The lowest BCUT2D eigenvalue weighted by Crippen LogP contribution is -2.39. The number of amides is 2. The molecule has 0 saturated heterocycles. The maximum atomic E-state index is 12.5. The van der Waals surface area contributed by atoms with Gasteiger partial charge < -0.3 is 14.8 Å². The van der Waals surface area contributed by atoms with Crippen LogP contribution >= 0.6 is 0 Å². The number of aromatic nitrogens is 1. The van der Waals surface area contributed by atoms with Crippen molar-refractivity contribution in [3.05, 3.63) is 58.4 Å². The number of aryl methyl sites for hydroxylation is 1. The maximum absolute atomic E-state index is 12.5. The Morgan fingerprint density at radius 3 is 2.43 bits per heavy atom. The van der Waals surface area contributed by atoms with Crippen molar-refractivity contribution in [3.8, 4) is 0 Å². The number of carbonyl (C=O) groups is 1. The summed E-state index contributed by atoms with van der Waals surface area (Å²) in [5.74, 6) is 0. The first-order chi connectivity index (χ1) is 10.9. The Hall–Kier alpha value is -2.83. The number of hydrogen-bond acceptors (Lipinski definition) is 3. The molecule has 7 heteroatoms. The summed E-state index contributed by atoms with van der Waals surface area (Å²) in [6.07, 6.45) is 1.93. The molecule has 0 spiro atoms. The van der Waals surface area contributed by atoms with Crippen LogP contribution in [0.2, 0.25) is 0 Å². The molecular weight excluding hydrogens is 296 g/mol. The zero-order valence-electron chi connectivity index (χ0n) is 13.4. The number of hydrogen-bond donors (Lipinski definition) is 1. The number of rotatable bonds is 5. The Balaban J connectivity index is 2.09. The number of anilines is 1. The van der Waals surface area contributed by atoms with Gasteiger partial charge in [0.1, 0.15) is 0 Å². The van der Waals surface area contributed by atoms with Crippen molar-refractivity contribution in [1.82, 2.24) is 9.47 Å². The van der Waals surface area contributed by atoms with Gasteiger partial charge in [-0.1, -0.05) is 0 Å². The Labute approximate surface area is 134 Å². The minimum absolute atomic E-state index is 0.00692. The van der Waals surface area contributed by atoms with E-state index in [1.807, 2.05) is 43.8 Å². The van der Waals surface area contributed by atoms with E-state index >= 15 is 0 Å². The summed E-state index contributed by atoms with van der Waals surface area (Å²) in [4.78, 5) is 24.4. The SMILES string of the molecule is CC(C)N(Cc1cccn1C)C(=O)Nc1ccc([N+](=O)[O-])cc1. The molecule has 2 amide bonds. The van der Waals surface area contributed by atoms with Gasteiger partial charge in [0.15, 0.2) is 0 Å². The molecule has 0 unspecified atom stereocenters. The summed E-state index contributed by atoms with van der Waals surface area (Å²) in [5, 5.41) is 13.4. The van der Waals surface area contributed by atoms with Gasteiger partial charge in [0, 0.05) is 42.8 Å². The fraction of sp³-hybridized carbons (Fsp3) is 0.312. The fourth-order valence-electron chi connectivity index (χ4n) is 2.19. The Kier molecular flexibility index (Phi) is 5.00. The minimum Gasteiger partial charge on any atom is -0.353 e. The van der Waals surface area contributed by atoms with Crippen LogP contribution in [0.25, 0.3) is 0 Å². The van der Waals surface area contributed by atoms with Gasteiger partial charge >= 0.3 is 6.03 Å². The first-order valence-corrected chi connectivity index (χ1v) is 7.30. The minimum atomic E-state index is -0.471. The van der Waals surface area contributed by atoms with Gasteiger partial charge in [-0.2, -0.15) is 0 Å². The van der Waals surface area contributed by atoms with Crippen LogP contribution in [0.3, 0.4) is 0 Å². The van der Waals surface area contributed by atoms with E-state index in [1.165, 1.54) is 24.3 Å². The second kappa shape index (κ2) is 6.95. The number of non-ortho nitro benzene ring substituents is 1. The van der Waals surface area contributed by atoms with E-state index < -0.39 is 4.92 Å². The molecule has 0 fully saturated rings. The molecule has 2 rings (SSSR count). The van der Waals surface area contributed by atoms with Gasteiger partial charge in [-0.25, -0.2) is 4.79 Å².